The second kappa shape index (κ2) is 4.69. The molecule has 0 radical (unpaired) electrons. The van der Waals surface area contributed by atoms with E-state index in [0.717, 1.165) is 17.5 Å². The molecule has 2 aliphatic rings. The van der Waals surface area contributed by atoms with Crippen LogP contribution >= 0.6 is 0 Å². The second-order valence-corrected chi connectivity index (χ2v) is 7.04. The van der Waals surface area contributed by atoms with Gasteiger partial charge in [0.25, 0.3) is 0 Å². The minimum Gasteiger partial charge on any atom is -0.385 e. The highest BCUT2D eigenvalue weighted by Crippen LogP contribution is 2.42. The number of rotatable bonds is 2. The monoisotopic (exact) mass is 311 g/mol. The van der Waals surface area contributed by atoms with Gasteiger partial charge < -0.3 is 15.4 Å². The number of nitrogens with zero attached hydrogens (tertiary/aromatic N) is 2. The van der Waals surface area contributed by atoms with Gasteiger partial charge in [-0.3, -0.25) is 9.69 Å². The number of carbonyl (C=O) groups is 1. The van der Waals surface area contributed by atoms with Crippen LogP contribution in [0.3, 0.4) is 0 Å². The molecule has 0 fully saturated rings. The van der Waals surface area contributed by atoms with Gasteiger partial charge in [0, 0.05) is 29.7 Å². The molecule has 1 aliphatic heterocycles. The van der Waals surface area contributed by atoms with E-state index in [4.69, 9.17) is 5.73 Å². The number of benzene rings is 1. The quantitative estimate of drug-likeness (QED) is 0.873. The summed E-state index contributed by atoms with van der Waals surface area (Å²) in [6, 6.07) is 6.40. The van der Waals surface area contributed by atoms with Gasteiger partial charge in [0.1, 0.15) is 6.54 Å². The third-order valence-electron chi connectivity index (χ3n) is 4.96. The van der Waals surface area contributed by atoms with Crippen molar-refractivity contribution in [3.05, 3.63) is 41.6 Å². The molecule has 4 rings (SSSR count). The van der Waals surface area contributed by atoms with Crippen molar-refractivity contribution in [1.29, 1.82) is 0 Å². The van der Waals surface area contributed by atoms with E-state index in [9.17, 15) is 9.90 Å². The number of aromatic nitrogens is 1. The lowest BCUT2D eigenvalue weighted by Crippen LogP contribution is -2.49. The molecule has 0 bridgehead atoms. The van der Waals surface area contributed by atoms with E-state index in [1.807, 2.05) is 29.7 Å². The van der Waals surface area contributed by atoms with Crippen LogP contribution in [0, 0.1) is 0 Å². The average molecular weight is 311 g/mol. The molecule has 5 nitrogen and oxygen atoms in total. The highest BCUT2D eigenvalue weighted by molar-refractivity contribution is 5.99. The number of aliphatic hydroxyl groups is 1. The molecule has 2 atom stereocenters. The van der Waals surface area contributed by atoms with E-state index in [0.29, 0.717) is 6.54 Å². The maximum atomic E-state index is 11.3. The first kappa shape index (κ1) is 14.5. The molecular formula is C18H21N3O2. The molecule has 3 N–H and O–H groups in total. The second-order valence-electron chi connectivity index (χ2n) is 7.04. The van der Waals surface area contributed by atoms with Crippen molar-refractivity contribution in [3.8, 4) is 0 Å². The van der Waals surface area contributed by atoms with E-state index in [1.165, 1.54) is 16.5 Å². The van der Waals surface area contributed by atoms with Crippen LogP contribution in [0.5, 0.6) is 0 Å². The molecule has 1 aromatic heterocycles. The fraction of sp³-hybridized carbons (Fsp3) is 0.389. The van der Waals surface area contributed by atoms with Crippen LogP contribution in [0.15, 0.2) is 30.5 Å². The van der Waals surface area contributed by atoms with Crippen molar-refractivity contribution in [3.63, 3.8) is 0 Å². The fourth-order valence-electron chi connectivity index (χ4n) is 4.19. The number of carbonyl (C=O) groups excluding carboxylic acids is 1. The van der Waals surface area contributed by atoms with Crippen molar-refractivity contribution < 1.29 is 9.90 Å². The largest absolute Gasteiger partial charge is 0.385 e. The third kappa shape index (κ3) is 2.19. The summed E-state index contributed by atoms with van der Waals surface area (Å²) in [6.07, 6.45) is 4.94. The number of β-amino-alcohol motifs (C(OH)–C–C–N with tert-alkyl or cyclic N) is 1. The van der Waals surface area contributed by atoms with Crippen molar-refractivity contribution in [2.24, 2.45) is 5.73 Å². The maximum Gasteiger partial charge on any atom is 0.237 e. The van der Waals surface area contributed by atoms with E-state index in [-0.39, 0.29) is 18.5 Å². The third-order valence-corrected chi connectivity index (χ3v) is 4.96. The first-order valence-corrected chi connectivity index (χ1v) is 7.90. The number of amides is 1. The molecule has 1 amide bonds. The molecule has 0 spiro atoms. The first-order valence-electron chi connectivity index (χ1n) is 7.90. The fourth-order valence-corrected chi connectivity index (χ4v) is 4.19. The van der Waals surface area contributed by atoms with E-state index < -0.39 is 5.60 Å². The molecule has 2 aromatic rings. The normalized spacial score (nSPS) is 26.9. The van der Waals surface area contributed by atoms with E-state index in [2.05, 4.69) is 24.2 Å². The molecule has 120 valence electrons. The summed E-state index contributed by atoms with van der Waals surface area (Å²) in [4.78, 5) is 13.6. The van der Waals surface area contributed by atoms with Gasteiger partial charge in [-0.05, 0) is 49.2 Å². The van der Waals surface area contributed by atoms with Crippen molar-refractivity contribution in [1.82, 2.24) is 9.47 Å². The number of hydrogen-bond acceptors (Lipinski definition) is 3. The lowest BCUT2D eigenvalue weighted by Gasteiger charge is -2.42. The van der Waals surface area contributed by atoms with Gasteiger partial charge in [-0.1, -0.05) is 12.1 Å². The summed E-state index contributed by atoms with van der Waals surface area (Å²) in [5.74, 6) is -0.338. The highest BCUT2D eigenvalue weighted by Gasteiger charge is 2.37. The first-order chi connectivity index (χ1) is 10.9. The van der Waals surface area contributed by atoms with E-state index >= 15 is 0 Å². The lowest BCUT2D eigenvalue weighted by atomic mass is 9.79. The molecule has 5 heteroatoms. The van der Waals surface area contributed by atoms with Crippen LogP contribution in [0.2, 0.25) is 0 Å². The number of likely N-dealkylation sites (N-methyl/N-ethyl adjacent to an activating group) is 1. The number of primary amides is 1. The molecule has 1 aliphatic carbocycles. The zero-order chi connectivity index (χ0) is 16.4. The molecule has 0 saturated heterocycles. The van der Waals surface area contributed by atoms with E-state index in [1.54, 1.807) is 0 Å². The molecule has 1 aromatic carbocycles. The summed E-state index contributed by atoms with van der Waals surface area (Å²) in [6.45, 7) is 2.66. The Morgan fingerprint density at radius 3 is 3.00 bits per heavy atom. The minimum absolute atomic E-state index is 0.192. The smallest absolute Gasteiger partial charge is 0.237 e. The Morgan fingerprint density at radius 2 is 2.26 bits per heavy atom. The Morgan fingerprint density at radius 1 is 1.48 bits per heavy atom. The van der Waals surface area contributed by atoms with Crippen molar-refractivity contribution >= 4 is 22.4 Å². The van der Waals surface area contributed by atoms with Gasteiger partial charge in [0.15, 0.2) is 0 Å². The van der Waals surface area contributed by atoms with Gasteiger partial charge in [-0.2, -0.15) is 0 Å². The predicted octanol–water partition coefficient (Wildman–Crippen LogP) is 1.13. The topological polar surface area (TPSA) is 71.5 Å². The Labute approximate surface area is 135 Å². The Kier molecular flexibility index (Phi) is 2.95. The number of hydrogen-bond donors (Lipinski definition) is 2. The Hall–Kier alpha value is -2.11. The standard InChI is InChI=1S/C18H21N3O2/c1-18(23)7-13-12-4-3-5-14-17(12)11(6-15(13)20(2)10-18)8-21(14)9-16(19)22/h3-5,7-8,15,23H,6,9-10H2,1-2H3,(H2,19,22)/t15-,18+/m1/s1. The SMILES string of the molecule is CN1C[C@@](C)(O)C=C2c3cccc4c3c(cn4CC(N)=O)C[C@H]21. The summed E-state index contributed by atoms with van der Waals surface area (Å²) in [7, 11) is 2.05. The minimum atomic E-state index is -0.823. The van der Waals surface area contributed by atoms with Crippen molar-refractivity contribution in [2.75, 3.05) is 13.6 Å². The molecule has 0 unspecified atom stereocenters. The number of nitrogens with two attached hydrogens (primary N) is 1. The van der Waals surface area contributed by atoms with Crippen LogP contribution in [0.1, 0.15) is 18.1 Å². The number of fused-ring (bicyclic) bond motifs is 2. The van der Waals surface area contributed by atoms with Gasteiger partial charge >= 0.3 is 0 Å². The summed E-state index contributed by atoms with van der Waals surface area (Å²) in [5, 5.41) is 11.7. The average Bonchev–Trinajstić information content (AvgIpc) is 2.78. The molecular weight excluding hydrogens is 290 g/mol. The highest BCUT2D eigenvalue weighted by atomic mass is 16.3. The van der Waals surface area contributed by atoms with Gasteiger partial charge in [-0.15, -0.1) is 0 Å². The predicted molar refractivity (Wildman–Crippen MR) is 89.9 cm³/mol. The summed E-state index contributed by atoms with van der Waals surface area (Å²) < 4.78 is 1.94. The molecule has 2 heterocycles. The van der Waals surface area contributed by atoms with Gasteiger partial charge in [0.2, 0.25) is 5.91 Å². The van der Waals surface area contributed by atoms with Crippen LogP contribution in [-0.4, -0.2) is 45.7 Å². The Balaban J connectivity index is 1.96. The van der Waals surface area contributed by atoms with Gasteiger partial charge in [0.05, 0.1) is 5.60 Å². The van der Waals surface area contributed by atoms with Crippen LogP contribution in [0.25, 0.3) is 16.5 Å². The zero-order valence-electron chi connectivity index (χ0n) is 13.4. The molecule has 23 heavy (non-hydrogen) atoms. The Bertz CT molecular complexity index is 847. The van der Waals surface area contributed by atoms with Crippen LogP contribution in [0.4, 0.5) is 0 Å². The maximum absolute atomic E-state index is 11.3. The van der Waals surface area contributed by atoms with Crippen LogP contribution in [-0.2, 0) is 17.8 Å². The van der Waals surface area contributed by atoms with Crippen molar-refractivity contribution in [2.45, 2.75) is 31.5 Å². The van der Waals surface area contributed by atoms with Gasteiger partial charge in [-0.25, -0.2) is 0 Å². The zero-order valence-corrected chi connectivity index (χ0v) is 13.4. The molecule has 0 saturated carbocycles. The lowest BCUT2D eigenvalue weighted by molar-refractivity contribution is -0.118. The summed E-state index contributed by atoms with van der Waals surface area (Å²) >= 11 is 0. The van der Waals surface area contributed by atoms with Crippen LogP contribution < -0.4 is 5.73 Å². The summed E-state index contributed by atoms with van der Waals surface area (Å²) in [5.41, 5.74) is 9.17.